The SMILES string of the molecule is COC(=O)C[C@@H](C(=O)Nc1ccc(C)cc1[N+](=O)[O-])[NH+]1CCC(C)CC1. The van der Waals surface area contributed by atoms with Crippen molar-refractivity contribution in [3.63, 3.8) is 0 Å². The van der Waals surface area contributed by atoms with Crippen LogP contribution in [0.3, 0.4) is 0 Å². The first-order valence-electron chi connectivity index (χ1n) is 8.79. The van der Waals surface area contributed by atoms with Crippen LogP contribution in [0.4, 0.5) is 11.4 Å². The van der Waals surface area contributed by atoms with Crippen molar-refractivity contribution in [1.29, 1.82) is 0 Å². The number of anilines is 1. The van der Waals surface area contributed by atoms with Gasteiger partial charge < -0.3 is 15.0 Å². The molecule has 1 atom stereocenters. The zero-order valence-electron chi connectivity index (χ0n) is 15.4. The summed E-state index contributed by atoms with van der Waals surface area (Å²) in [4.78, 5) is 36.4. The summed E-state index contributed by atoms with van der Waals surface area (Å²) < 4.78 is 4.73. The van der Waals surface area contributed by atoms with E-state index < -0.39 is 22.8 Å². The van der Waals surface area contributed by atoms with Gasteiger partial charge in [-0.3, -0.25) is 19.7 Å². The monoisotopic (exact) mass is 364 g/mol. The number of esters is 1. The summed E-state index contributed by atoms with van der Waals surface area (Å²) in [6.07, 6.45) is 1.90. The highest BCUT2D eigenvalue weighted by Crippen LogP contribution is 2.25. The molecule has 1 heterocycles. The number of likely N-dealkylation sites (tertiary alicyclic amines) is 1. The number of piperidine rings is 1. The van der Waals surface area contributed by atoms with Crippen LogP contribution in [0.25, 0.3) is 0 Å². The molecule has 0 unspecified atom stereocenters. The predicted molar refractivity (Wildman–Crippen MR) is 96.0 cm³/mol. The lowest BCUT2D eigenvalue weighted by Gasteiger charge is -2.32. The fourth-order valence-electron chi connectivity index (χ4n) is 3.27. The second kappa shape index (κ2) is 8.75. The summed E-state index contributed by atoms with van der Waals surface area (Å²) in [7, 11) is 1.29. The number of nitro groups is 1. The largest absolute Gasteiger partial charge is 0.469 e. The Hall–Kier alpha value is -2.48. The third kappa shape index (κ3) is 5.01. The van der Waals surface area contributed by atoms with E-state index in [0.29, 0.717) is 5.92 Å². The number of amides is 1. The molecule has 142 valence electrons. The maximum absolute atomic E-state index is 12.8. The van der Waals surface area contributed by atoms with E-state index >= 15 is 0 Å². The topological polar surface area (TPSA) is 103 Å². The molecule has 1 aromatic rings. The van der Waals surface area contributed by atoms with Crippen LogP contribution in [-0.4, -0.2) is 43.0 Å². The van der Waals surface area contributed by atoms with Gasteiger partial charge in [0.2, 0.25) is 0 Å². The Balaban J connectivity index is 2.21. The summed E-state index contributed by atoms with van der Waals surface area (Å²) >= 11 is 0. The van der Waals surface area contributed by atoms with Crippen molar-refractivity contribution in [2.75, 3.05) is 25.5 Å². The molecule has 8 nitrogen and oxygen atoms in total. The molecule has 0 aliphatic carbocycles. The zero-order valence-corrected chi connectivity index (χ0v) is 15.4. The molecule has 1 aromatic carbocycles. The number of quaternary nitrogens is 1. The molecule has 26 heavy (non-hydrogen) atoms. The number of nitrogens with one attached hydrogen (secondary N) is 2. The van der Waals surface area contributed by atoms with E-state index in [-0.39, 0.29) is 17.8 Å². The average Bonchev–Trinajstić information content (AvgIpc) is 2.61. The van der Waals surface area contributed by atoms with Crippen molar-refractivity contribution in [2.45, 2.75) is 39.2 Å². The van der Waals surface area contributed by atoms with Gasteiger partial charge >= 0.3 is 5.97 Å². The first-order chi connectivity index (χ1) is 12.3. The number of benzene rings is 1. The second-order valence-electron chi connectivity index (χ2n) is 6.94. The summed E-state index contributed by atoms with van der Waals surface area (Å²) in [6.45, 7) is 5.48. The lowest BCUT2D eigenvalue weighted by atomic mass is 9.97. The molecule has 1 fully saturated rings. The minimum absolute atomic E-state index is 0.0499. The zero-order chi connectivity index (χ0) is 19.3. The van der Waals surface area contributed by atoms with Gasteiger partial charge in [0.1, 0.15) is 12.1 Å². The molecule has 2 rings (SSSR count). The third-order valence-electron chi connectivity index (χ3n) is 4.93. The van der Waals surface area contributed by atoms with Crippen LogP contribution >= 0.6 is 0 Å². The van der Waals surface area contributed by atoms with E-state index in [9.17, 15) is 19.7 Å². The van der Waals surface area contributed by atoms with Gasteiger partial charge in [-0.15, -0.1) is 0 Å². The molecule has 0 spiro atoms. The first-order valence-corrected chi connectivity index (χ1v) is 8.79. The average molecular weight is 364 g/mol. The smallest absolute Gasteiger partial charge is 0.312 e. The summed E-state index contributed by atoms with van der Waals surface area (Å²) in [5, 5.41) is 13.9. The van der Waals surface area contributed by atoms with Crippen LogP contribution in [-0.2, 0) is 14.3 Å². The quantitative estimate of drug-likeness (QED) is 0.447. The Bertz CT molecular complexity index is 683. The Labute approximate surface area is 152 Å². The minimum atomic E-state index is -0.629. The van der Waals surface area contributed by atoms with E-state index in [0.717, 1.165) is 36.4 Å². The molecule has 0 radical (unpaired) electrons. The number of carbonyl (C=O) groups excluding carboxylic acids is 2. The van der Waals surface area contributed by atoms with Gasteiger partial charge in [0, 0.05) is 6.07 Å². The Morgan fingerprint density at radius 2 is 2.04 bits per heavy atom. The number of ether oxygens (including phenoxy) is 1. The Morgan fingerprint density at radius 1 is 1.38 bits per heavy atom. The van der Waals surface area contributed by atoms with Crippen molar-refractivity contribution in [1.82, 2.24) is 0 Å². The fraction of sp³-hybridized carbons (Fsp3) is 0.556. The van der Waals surface area contributed by atoms with Gasteiger partial charge in [0.15, 0.2) is 6.04 Å². The molecule has 0 saturated carbocycles. The fourth-order valence-corrected chi connectivity index (χ4v) is 3.27. The molecule has 0 aromatic heterocycles. The highest BCUT2D eigenvalue weighted by Gasteiger charge is 2.35. The second-order valence-corrected chi connectivity index (χ2v) is 6.94. The number of nitro benzene ring substituents is 1. The lowest BCUT2D eigenvalue weighted by Crippen LogP contribution is -3.18. The van der Waals surface area contributed by atoms with E-state index in [4.69, 9.17) is 4.74 Å². The summed E-state index contributed by atoms with van der Waals surface area (Å²) in [6, 6.07) is 4.01. The summed E-state index contributed by atoms with van der Waals surface area (Å²) in [5.74, 6) is -0.264. The standard InChI is InChI=1S/C18H25N3O5/c1-12-6-8-20(9-7-12)16(11-17(22)26-3)18(23)19-14-5-4-13(2)10-15(14)21(24)25/h4-5,10,12,16H,6-9,11H2,1-3H3,(H,19,23)/p+1/t16-/m0/s1. The number of aryl methyl sites for hydroxylation is 1. The van der Waals surface area contributed by atoms with E-state index in [2.05, 4.69) is 12.2 Å². The van der Waals surface area contributed by atoms with Crippen molar-refractivity contribution in [3.05, 3.63) is 33.9 Å². The minimum Gasteiger partial charge on any atom is -0.469 e. The van der Waals surface area contributed by atoms with Crippen LogP contribution in [0.1, 0.15) is 31.7 Å². The van der Waals surface area contributed by atoms with Gasteiger partial charge in [0.05, 0.1) is 25.1 Å². The molecule has 1 aliphatic rings. The highest BCUT2D eigenvalue weighted by molar-refractivity contribution is 5.97. The van der Waals surface area contributed by atoms with E-state index in [1.54, 1.807) is 13.0 Å². The van der Waals surface area contributed by atoms with Gasteiger partial charge in [-0.1, -0.05) is 13.0 Å². The molecule has 1 amide bonds. The number of hydrogen-bond donors (Lipinski definition) is 2. The van der Waals surface area contributed by atoms with Crippen molar-refractivity contribution >= 4 is 23.3 Å². The lowest BCUT2D eigenvalue weighted by molar-refractivity contribution is -0.921. The highest BCUT2D eigenvalue weighted by atomic mass is 16.6. The van der Waals surface area contributed by atoms with Crippen LogP contribution < -0.4 is 10.2 Å². The van der Waals surface area contributed by atoms with Crippen LogP contribution in [0.15, 0.2) is 18.2 Å². The van der Waals surface area contributed by atoms with Crippen molar-refractivity contribution < 1.29 is 24.1 Å². The molecular formula is C18H26N3O5+. The maximum atomic E-state index is 12.8. The molecule has 0 bridgehead atoms. The van der Waals surface area contributed by atoms with Crippen molar-refractivity contribution in [3.8, 4) is 0 Å². The van der Waals surface area contributed by atoms with E-state index in [1.807, 2.05) is 0 Å². The normalized spacial score (nSPS) is 20.9. The number of methoxy groups -OCH3 is 1. The van der Waals surface area contributed by atoms with Crippen LogP contribution in [0.5, 0.6) is 0 Å². The molecule has 8 heteroatoms. The van der Waals surface area contributed by atoms with Gasteiger partial charge in [0.25, 0.3) is 11.6 Å². The molecule has 1 saturated heterocycles. The predicted octanol–water partition coefficient (Wildman–Crippen LogP) is 1.09. The number of rotatable bonds is 6. The van der Waals surface area contributed by atoms with Crippen LogP contribution in [0, 0.1) is 23.0 Å². The third-order valence-corrected chi connectivity index (χ3v) is 4.93. The first kappa shape index (κ1) is 19.8. The van der Waals surface area contributed by atoms with Crippen LogP contribution in [0.2, 0.25) is 0 Å². The number of carbonyl (C=O) groups is 2. The van der Waals surface area contributed by atoms with E-state index in [1.165, 1.54) is 19.2 Å². The molecule has 1 aliphatic heterocycles. The molecular weight excluding hydrogens is 338 g/mol. The number of hydrogen-bond acceptors (Lipinski definition) is 5. The summed E-state index contributed by atoms with van der Waals surface area (Å²) in [5.41, 5.74) is 0.721. The maximum Gasteiger partial charge on any atom is 0.312 e. The Morgan fingerprint density at radius 3 is 2.62 bits per heavy atom. The van der Waals surface area contributed by atoms with Gasteiger partial charge in [-0.25, -0.2) is 0 Å². The van der Waals surface area contributed by atoms with Gasteiger partial charge in [-0.2, -0.15) is 0 Å². The number of nitrogens with zero attached hydrogens (tertiary/aromatic N) is 1. The Kier molecular flexibility index (Phi) is 6.68. The molecule has 2 N–H and O–H groups in total. The van der Waals surface area contributed by atoms with Crippen molar-refractivity contribution in [2.24, 2.45) is 5.92 Å². The van der Waals surface area contributed by atoms with Gasteiger partial charge in [-0.05, 0) is 37.3 Å².